The molecule has 0 saturated heterocycles. The monoisotopic (exact) mass is 368 g/mol. The number of anilines is 1. The minimum Gasteiger partial charge on any atom is -0.377 e. The summed E-state index contributed by atoms with van der Waals surface area (Å²) in [5.41, 5.74) is 2.21. The lowest BCUT2D eigenvalue weighted by molar-refractivity contribution is 0.884. The zero-order valence-corrected chi connectivity index (χ0v) is 13.7. The van der Waals surface area contributed by atoms with Gasteiger partial charge in [0.15, 0.2) is 0 Å². The van der Waals surface area contributed by atoms with Crippen LogP contribution in [0.3, 0.4) is 0 Å². The van der Waals surface area contributed by atoms with Crippen molar-refractivity contribution in [1.29, 1.82) is 5.26 Å². The third-order valence-electron chi connectivity index (χ3n) is 2.90. The lowest BCUT2D eigenvalue weighted by Crippen LogP contribution is -2.08. The van der Waals surface area contributed by atoms with E-state index < -0.39 is 0 Å². The van der Waals surface area contributed by atoms with Crippen molar-refractivity contribution in [1.82, 2.24) is 0 Å². The molecule has 2 rings (SSSR count). The summed E-state index contributed by atoms with van der Waals surface area (Å²) in [5.74, 6) is 0. The Morgan fingerprint density at radius 1 is 1.20 bits per heavy atom. The van der Waals surface area contributed by atoms with Gasteiger partial charge < -0.3 is 5.32 Å². The van der Waals surface area contributed by atoms with Crippen LogP contribution in [-0.2, 0) is 0 Å². The van der Waals surface area contributed by atoms with Crippen LogP contribution in [0.5, 0.6) is 0 Å². The van der Waals surface area contributed by atoms with E-state index in [4.69, 9.17) is 28.5 Å². The summed E-state index contributed by atoms with van der Waals surface area (Å²) in [4.78, 5) is 0. The van der Waals surface area contributed by atoms with Crippen LogP contribution in [0, 0.1) is 11.3 Å². The standard InChI is InChI=1S/C15H11BrCl2N2/c1-9(13-5-3-11(16)6-14(13)18)20-15-7-12(17)4-2-10(15)8-19/h2-7,9,20H,1H3. The first-order valence-corrected chi connectivity index (χ1v) is 7.47. The van der Waals surface area contributed by atoms with Crippen molar-refractivity contribution in [3.05, 3.63) is 62.0 Å². The number of nitrogens with zero attached hydrogens (tertiary/aromatic N) is 1. The minimum atomic E-state index is -0.0406. The summed E-state index contributed by atoms with van der Waals surface area (Å²) in [6.45, 7) is 1.98. The summed E-state index contributed by atoms with van der Waals surface area (Å²) >= 11 is 15.6. The molecule has 0 saturated carbocycles. The first-order valence-electron chi connectivity index (χ1n) is 5.92. The van der Waals surface area contributed by atoms with E-state index >= 15 is 0 Å². The number of rotatable bonds is 3. The van der Waals surface area contributed by atoms with Crippen molar-refractivity contribution in [2.24, 2.45) is 0 Å². The number of nitrogens with one attached hydrogen (secondary N) is 1. The highest BCUT2D eigenvalue weighted by Crippen LogP contribution is 2.30. The molecule has 0 aliphatic carbocycles. The Bertz CT molecular complexity index is 680. The fourth-order valence-corrected chi connectivity index (χ4v) is 2.91. The Balaban J connectivity index is 2.30. The third kappa shape index (κ3) is 3.46. The Kier molecular flexibility index (Phi) is 4.93. The summed E-state index contributed by atoms with van der Waals surface area (Å²) in [7, 11) is 0. The normalized spacial score (nSPS) is 11.8. The van der Waals surface area contributed by atoms with Gasteiger partial charge in [-0.25, -0.2) is 0 Å². The van der Waals surface area contributed by atoms with Crippen molar-refractivity contribution in [2.75, 3.05) is 5.32 Å². The maximum atomic E-state index is 9.12. The second-order valence-electron chi connectivity index (χ2n) is 4.33. The maximum absolute atomic E-state index is 9.12. The smallest absolute Gasteiger partial charge is 0.101 e. The first kappa shape index (κ1) is 15.2. The molecule has 2 nitrogen and oxygen atoms in total. The van der Waals surface area contributed by atoms with Crippen LogP contribution in [0.15, 0.2) is 40.9 Å². The average Bonchev–Trinajstić information content (AvgIpc) is 2.38. The van der Waals surface area contributed by atoms with E-state index in [2.05, 4.69) is 27.3 Å². The zero-order valence-electron chi connectivity index (χ0n) is 10.6. The van der Waals surface area contributed by atoms with Crippen molar-refractivity contribution < 1.29 is 0 Å². The number of nitriles is 1. The average molecular weight is 370 g/mol. The Morgan fingerprint density at radius 2 is 1.95 bits per heavy atom. The zero-order chi connectivity index (χ0) is 14.7. The second kappa shape index (κ2) is 6.49. The van der Waals surface area contributed by atoms with E-state index in [-0.39, 0.29) is 6.04 Å². The molecule has 20 heavy (non-hydrogen) atoms. The van der Waals surface area contributed by atoms with Crippen molar-refractivity contribution >= 4 is 44.8 Å². The van der Waals surface area contributed by atoms with Crippen LogP contribution in [0.1, 0.15) is 24.1 Å². The summed E-state index contributed by atoms with van der Waals surface area (Å²) < 4.78 is 0.930. The van der Waals surface area contributed by atoms with Gasteiger partial charge >= 0.3 is 0 Å². The number of hydrogen-bond acceptors (Lipinski definition) is 2. The van der Waals surface area contributed by atoms with Crippen molar-refractivity contribution in [2.45, 2.75) is 13.0 Å². The largest absolute Gasteiger partial charge is 0.377 e. The van der Waals surface area contributed by atoms with Crippen LogP contribution in [0.4, 0.5) is 5.69 Å². The lowest BCUT2D eigenvalue weighted by Gasteiger charge is -2.18. The summed E-state index contributed by atoms with van der Waals surface area (Å²) in [5, 5.41) is 13.6. The van der Waals surface area contributed by atoms with Gasteiger partial charge in [0.1, 0.15) is 6.07 Å². The van der Waals surface area contributed by atoms with Gasteiger partial charge in [0.05, 0.1) is 17.3 Å². The van der Waals surface area contributed by atoms with E-state index in [1.807, 2.05) is 25.1 Å². The van der Waals surface area contributed by atoms with Crippen LogP contribution in [0.2, 0.25) is 10.0 Å². The van der Waals surface area contributed by atoms with Gasteiger partial charge in [0.25, 0.3) is 0 Å². The molecule has 1 N–H and O–H groups in total. The van der Waals surface area contributed by atoms with Crippen LogP contribution in [-0.4, -0.2) is 0 Å². The van der Waals surface area contributed by atoms with Crippen molar-refractivity contribution in [3.63, 3.8) is 0 Å². The number of halogens is 3. The molecule has 2 aromatic rings. The Hall–Kier alpha value is -1.21. The fourth-order valence-electron chi connectivity index (χ4n) is 1.90. The van der Waals surface area contributed by atoms with Gasteiger partial charge in [-0.15, -0.1) is 0 Å². The highest BCUT2D eigenvalue weighted by Gasteiger charge is 2.12. The molecule has 0 amide bonds. The molecule has 0 heterocycles. The molecule has 0 spiro atoms. The molecule has 5 heteroatoms. The maximum Gasteiger partial charge on any atom is 0.101 e. The predicted molar refractivity (Wildman–Crippen MR) is 87.4 cm³/mol. The van der Waals surface area contributed by atoms with Crippen molar-refractivity contribution in [3.8, 4) is 6.07 Å². The molecule has 0 bridgehead atoms. The molecule has 0 radical (unpaired) electrons. The van der Waals surface area contributed by atoms with Crippen LogP contribution < -0.4 is 5.32 Å². The summed E-state index contributed by atoms with van der Waals surface area (Å²) in [6.07, 6.45) is 0. The summed E-state index contributed by atoms with van der Waals surface area (Å²) in [6, 6.07) is 13.0. The molecule has 0 aromatic heterocycles. The second-order valence-corrected chi connectivity index (χ2v) is 6.09. The van der Waals surface area contributed by atoms with E-state index in [0.29, 0.717) is 21.3 Å². The Morgan fingerprint density at radius 3 is 2.60 bits per heavy atom. The van der Waals surface area contributed by atoms with Crippen LogP contribution >= 0.6 is 39.1 Å². The Labute approximate surface area is 136 Å². The lowest BCUT2D eigenvalue weighted by atomic mass is 10.1. The molecule has 102 valence electrons. The highest BCUT2D eigenvalue weighted by molar-refractivity contribution is 9.10. The molecule has 0 fully saturated rings. The predicted octanol–water partition coefficient (Wildman–Crippen LogP) is 5.80. The van der Waals surface area contributed by atoms with Gasteiger partial charge in [0.2, 0.25) is 0 Å². The molecular formula is C15H11BrCl2N2. The molecule has 1 atom stereocenters. The molecule has 1 unspecified atom stereocenters. The van der Waals surface area contributed by atoms with Gasteiger partial charge in [0, 0.05) is 14.5 Å². The SMILES string of the molecule is CC(Nc1cc(Cl)ccc1C#N)c1ccc(Br)cc1Cl. The first-order chi connectivity index (χ1) is 9.51. The van der Waals surface area contributed by atoms with E-state index in [9.17, 15) is 0 Å². The fraction of sp³-hybridized carbons (Fsp3) is 0.133. The van der Waals surface area contributed by atoms with Gasteiger partial charge in [-0.3, -0.25) is 0 Å². The van der Waals surface area contributed by atoms with E-state index in [0.717, 1.165) is 10.0 Å². The van der Waals surface area contributed by atoms with Gasteiger partial charge in [-0.2, -0.15) is 5.26 Å². The molecule has 0 aliphatic heterocycles. The number of benzene rings is 2. The molecule has 0 aliphatic rings. The van der Waals surface area contributed by atoms with Gasteiger partial charge in [-0.1, -0.05) is 45.2 Å². The minimum absolute atomic E-state index is 0.0406. The van der Waals surface area contributed by atoms with Crippen LogP contribution in [0.25, 0.3) is 0 Å². The van der Waals surface area contributed by atoms with Gasteiger partial charge in [-0.05, 0) is 42.8 Å². The molecular weight excluding hydrogens is 359 g/mol. The highest BCUT2D eigenvalue weighted by atomic mass is 79.9. The quantitative estimate of drug-likeness (QED) is 0.741. The topological polar surface area (TPSA) is 35.8 Å². The molecule has 2 aromatic carbocycles. The third-order valence-corrected chi connectivity index (χ3v) is 3.96. The van der Waals surface area contributed by atoms with E-state index in [1.165, 1.54) is 0 Å². The number of hydrogen-bond donors (Lipinski definition) is 1. The van der Waals surface area contributed by atoms with E-state index in [1.54, 1.807) is 18.2 Å².